The highest BCUT2D eigenvalue weighted by Gasteiger charge is 2.34. The Labute approximate surface area is 96.6 Å². The lowest BCUT2D eigenvalue weighted by atomic mass is 9.92. The molecule has 2 N–H and O–H groups in total. The Kier molecular flexibility index (Phi) is 3.07. The summed E-state index contributed by atoms with van der Waals surface area (Å²) < 4.78 is 0.991. The molecule has 0 radical (unpaired) electrons. The molecular weight excluding hydrogens is 258 g/mol. The fourth-order valence-corrected chi connectivity index (χ4v) is 2.65. The second kappa shape index (κ2) is 4.33. The van der Waals surface area contributed by atoms with E-state index < -0.39 is 12.0 Å². The lowest BCUT2D eigenvalue weighted by Crippen LogP contribution is -2.34. The van der Waals surface area contributed by atoms with Crippen LogP contribution < -0.4 is 5.32 Å². The van der Waals surface area contributed by atoms with E-state index in [0.717, 1.165) is 23.0 Å². The molecule has 80 valence electrons. The smallest absolute Gasteiger partial charge is 0.321 e. The van der Waals surface area contributed by atoms with E-state index in [4.69, 9.17) is 5.11 Å². The molecule has 1 aliphatic rings. The Morgan fingerprint density at radius 2 is 2.20 bits per heavy atom. The molecule has 1 saturated heterocycles. The van der Waals surface area contributed by atoms with Crippen LogP contribution in [0.15, 0.2) is 28.7 Å². The second-order valence-electron chi connectivity index (χ2n) is 3.69. The maximum atomic E-state index is 11.0. The highest BCUT2D eigenvalue weighted by molar-refractivity contribution is 9.10. The molecule has 0 spiro atoms. The summed E-state index contributed by atoms with van der Waals surface area (Å²) in [7, 11) is 0. The van der Waals surface area contributed by atoms with Gasteiger partial charge in [0.05, 0.1) is 0 Å². The number of aliphatic carboxylic acids is 1. The summed E-state index contributed by atoms with van der Waals surface area (Å²) in [6.07, 6.45) is 0.875. The summed E-state index contributed by atoms with van der Waals surface area (Å²) in [5.74, 6) is -0.702. The van der Waals surface area contributed by atoms with Gasteiger partial charge in [0.1, 0.15) is 6.04 Å². The van der Waals surface area contributed by atoms with E-state index in [1.54, 1.807) is 0 Å². The third-order valence-corrected chi connectivity index (χ3v) is 3.51. The van der Waals surface area contributed by atoms with Crippen molar-refractivity contribution in [1.82, 2.24) is 5.32 Å². The van der Waals surface area contributed by atoms with Crippen molar-refractivity contribution in [3.05, 3.63) is 34.3 Å². The normalized spacial score (nSPS) is 25.4. The van der Waals surface area contributed by atoms with E-state index in [1.165, 1.54) is 0 Å². The van der Waals surface area contributed by atoms with E-state index >= 15 is 0 Å². The van der Waals surface area contributed by atoms with Gasteiger partial charge in [0.2, 0.25) is 0 Å². The summed E-state index contributed by atoms with van der Waals surface area (Å²) in [6, 6.07) is 7.36. The minimum atomic E-state index is -0.770. The van der Waals surface area contributed by atoms with Gasteiger partial charge in [0.25, 0.3) is 0 Å². The molecule has 0 aromatic heterocycles. The quantitative estimate of drug-likeness (QED) is 0.863. The number of nitrogens with one attached hydrogen (secondary N) is 1. The first-order chi connectivity index (χ1) is 7.20. The predicted molar refractivity (Wildman–Crippen MR) is 60.9 cm³/mol. The molecule has 0 aliphatic carbocycles. The molecule has 1 fully saturated rings. The Morgan fingerprint density at radius 3 is 2.87 bits per heavy atom. The molecule has 1 aliphatic heterocycles. The van der Waals surface area contributed by atoms with Crippen molar-refractivity contribution in [3.8, 4) is 0 Å². The van der Waals surface area contributed by atoms with Gasteiger partial charge in [0, 0.05) is 10.4 Å². The van der Waals surface area contributed by atoms with Crippen LogP contribution in [0.2, 0.25) is 0 Å². The molecule has 2 unspecified atom stereocenters. The highest BCUT2D eigenvalue weighted by Crippen LogP contribution is 2.32. The first-order valence-corrected chi connectivity index (χ1v) is 5.70. The maximum Gasteiger partial charge on any atom is 0.321 e. The summed E-state index contributed by atoms with van der Waals surface area (Å²) in [6.45, 7) is 0.767. The number of hydrogen-bond acceptors (Lipinski definition) is 2. The van der Waals surface area contributed by atoms with Crippen molar-refractivity contribution < 1.29 is 9.90 Å². The first-order valence-electron chi connectivity index (χ1n) is 4.91. The van der Waals surface area contributed by atoms with Crippen LogP contribution in [0.25, 0.3) is 0 Å². The molecule has 0 saturated carbocycles. The molecule has 15 heavy (non-hydrogen) atoms. The van der Waals surface area contributed by atoms with E-state index in [9.17, 15) is 4.79 Å². The van der Waals surface area contributed by atoms with Crippen LogP contribution in [0.3, 0.4) is 0 Å². The van der Waals surface area contributed by atoms with Crippen molar-refractivity contribution in [2.45, 2.75) is 18.4 Å². The fraction of sp³-hybridized carbons (Fsp3) is 0.364. The van der Waals surface area contributed by atoms with Crippen LogP contribution in [0, 0.1) is 0 Å². The number of benzene rings is 1. The maximum absolute atomic E-state index is 11.0. The Bertz CT molecular complexity index is 381. The van der Waals surface area contributed by atoms with Gasteiger partial charge in [-0.25, -0.2) is 0 Å². The second-order valence-corrected chi connectivity index (χ2v) is 4.54. The topological polar surface area (TPSA) is 49.3 Å². The van der Waals surface area contributed by atoms with Crippen molar-refractivity contribution in [2.75, 3.05) is 6.54 Å². The zero-order valence-electron chi connectivity index (χ0n) is 8.11. The molecule has 1 aromatic carbocycles. The molecule has 2 rings (SSSR count). The number of halogens is 1. The van der Waals surface area contributed by atoms with Crippen LogP contribution in [-0.2, 0) is 4.79 Å². The zero-order chi connectivity index (χ0) is 10.8. The number of carboxylic acids is 1. The van der Waals surface area contributed by atoms with Crippen LogP contribution in [0.1, 0.15) is 17.9 Å². The highest BCUT2D eigenvalue weighted by atomic mass is 79.9. The molecule has 3 nitrogen and oxygen atoms in total. The summed E-state index contributed by atoms with van der Waals surface area (Å²) in [4.78, 5) is 11.0. The standard InChI is InChI=1S/C11H12BrNO2/c12-9-4-2-1-3-7(9)8-5-6-13-10(8)11(14)15/h1-4,8,10,13H,5-6H2,(H,14,15). The van der Waals surface area contributed by atoms with Gasteiger partial charge < -0.3 is 10.4 Å². The summed E-state index contributed by atoms with van der Waals surface area (Å²) in [5, 5.41) is 12.1. The Hall–Kier alpha value is -0.870. The third kappa shape index (κ3) is 2.06. The zero-order valence-corrected chi connectivity index (χ0v) is 9.70. The average molecular weight is 270 g/mol. The number of rotatable bonds is 2. The van der Waals surface area contributed by atoms with E-state index in [2.05, 4.69) is 21.2 Å². The van der Waals surface area contributed by atoms with Crippen molar-refractivity contribution in [2.24, 2.45) is 0 Å². The van der Waals surface area contributed by atoms with Crippen LogP contribution >= 0.6 is 15.9 Å². The lowest BCUT2D eigenvalue weighted by Gasteiger charge is -2.17. The minimum absolute atomic E-state index is 0.0677. The van der Waals surface area contributed by atoms with Crippen molar-refractivity contribution in [3.63, 3.8) is 0 Å². The van der Waals surface area contributed by atoms with Gasteiger partial charge in [-0.1, -0.05) is 34.1 Å². The number of carboxylic acid groups (broad SMARTS) is 1. The van der Waals surface area contributed by atoms with Gasteiger partial charge in [-0.05, 0) is 24.6 Å². The van der Waals surface area contributed by atoms with Crippen molar-refractivity contribution in [1.29, 1.82) is 0 Å². The third-order valence-electron chi connectivity index (χ3n) is 2.79. The largest absolute Gasteiger partial charge is 0.480 e. The van der Waals surface area contributed by atoms with Gasteiger partial charge in [0.15, 0.2) is 0 Å². The lowest BCUT2D eigenvalue weighted by molar-refractivity contribution is -0.139. The molecule has 0 bridgehead atoms. The van der Waals surface area contributed by atoms with E-state index in [0.29, 0.717) is 0 Å². The first kappa shape index (κ1) is 10.6. The average Bonchev–Trinajstić information content (AvgIpc) is 2.67. The van der Waals surface area contributed by atoms with E-state index in [1.807, 2.05) is 24.3 Å². The minimum Gasteiger partial charge on any atom is -0.480 e. The summed E-state index contributed by atoms with van der Waals surface area (Å²) >= 11 is 3.46. The van der Waals surface area contributed by atoms with Crippen molar-refractivity contribution >= 4 is 21.9 Å². The number of hydrogen-bond donors (Lipinski definition) is 2. The molecule has 1 heterocycles. The fourth-order valence-electron chi connectivity index (χ4n) is 2.07. The number of carbonyl (C=O) groups is 1. The molecule has 2 atom stereocenters. The Balaban J connectivity index is 2.30. The van der Waals surface area contributed by atoms with Gasteiger partial charge in [-0.3, -0.25) is 4.79 Å². The predicted octanol–water partition coefficient (Wildman–Crippen LogP) is 1.98. The molecule has 0 amide bonds. The molecule has 1 aromatic rings. The van der Waals surface area contributed by atoms with Gasteiger partial charge in [-0.2, -0.15) is 0 Å². The summed E-state index contributed by atoms with van der Waals surface area (Å²) in [5.41, 5.74) is 1.08. The van der Waals surface area contributed by atoms with Gasteiger partial charge in [-0.15, -0.1) is 0 Å². The van der Waals surface area contributed by atoms with E-state index in [-0.39, 0.29) is 5.92 Å². The molecular formula is C11H12BrNO2. The van der Waals surface area contributed by atoms with Crippen LogP contribution in [-0.4, -0.2) is 23.7 Å². The monoisotopic (exact) mass is 269 g/mol. The Morgan fingerprint density at radius 1 is 1.47 bits per heavy atom. The van der Waals surface area contributed by atoms with Crippen LogP contribution in [0.4, 0.5) is 0 Å². The SMILES string of the molecule is O=C(O)C1NCCC1c1ccccc1Br. The van der Waals surface area contributed by atoms with Gasteiger partial charge >= 0.3 is 5.97 Å². The molecule has 4 heteroatoms. The van der Waals surface area contributed by atoms with Crippen LogP contribution in [0.5, 0.6) is 0 Å².